The first kappa shape index (κ1) is 23.1. The predicted molar refractivity (Wildman–Crippen MR) is 126 cm³/mol. The highest BCUT2D eigenvalue weighted by molar-refractivity contribution is 6.44. The second-order valence-corrected chi connectivity index (χ2v) is 7.40. The molecule has 0 fully saturated rings. The number of benzene rings is 2. The van der Waals surface area contributed by atoms with Gasteiger partial charge < -0.3 is 15.5 Å². The van der Waals surface area contributed by atoms with E-state index in [9.17, 15) is 14.4 Å². The fourth-order valence-corrected chi connectivity index (χ4v) is 3.37. The summed E-state index contributed by atoms with van der Waals surface area (Å²) in [5.41, 5.74) is 1.99. The predicted octanol–water partition coefficient (Wildman–Crippen LogP) is 2.88. The number of para-hydroxylation sites is 1. The van der Waals surface area contributed by atoms with Crippen molar-refractivity contribution < 1.29 is 14.4 Å². The maximum absolute atomic E-state index is 12.7. The Labute approximate surface area is 188 Å². The third-order valence-corrected chi connectivity index (χ3v) is 5.31. The van der Waals surface area contributed by atoms with E-state index in [1.807, 2.05) is 18.2 Å². The highest BCUT2D eigenvalue weighted by Crippen LogP contribution is 2.20. The minimum absolute atomic E-state index is 0.149. The number of anilines is 2. The first-order chi connectivity index (χ1) is 15.5. The Hall–Kier alpha value is -3.52. The molecule has 3 rings (SSSR count). The molecule has 2 aromatic carbocycles. The molecule has 0 spiro atoms. The number of nitrogens with one attached hydrogen (secondary N) is 2. The molecule has 0 aliphatic carbocycles. The van der Waals surface area contributed by atoms with E-state index in [0.717, 1.165) is 19.6 Å². The SMILES string of the molecule is CCN(CC)CCNC(=O)c1ccc(NC(=O)C2=NN(c3ccccc3)C(=O)CC2)cc1. The largest absolute Gasteiger partial charge is 0.351 e. The number of carbonyl (C=O) groups is 3. The molecule has 0 saturated heterocycles. The number of nitrogens with zero attached hydrogens (tertiary/aromatic N) is 3. The average Bonchev–Trinajstić information content (AvgIpc) is 2.83. The highest BCUT2D eigenvalue weighted by atomic mass is 16.2. The number of amides is 3. The fourth-order valence-electron chi connectivity index (χ4n) is 3.37. The second kappa shape index (κ2) is 11.2. The summed E-state index contributed by atoms with van der Waals surface area (Å²) in [6, 6.07) is 15.7. The molecule has 0 radical (unpaired) electrons. The van der Waals surface area contributed by atoms with Crippen molar-refractivity contribution in [2.75, 3.05) is 36.5 Å². The number of likely N-dealkylation sites (N-methyl/N-ethyl adjacent to an activating group) is 1. The van der Waals surface area contributed by atoms with Crippen LogP contribution in [0.15, 0.2) is 59.7 Å². The molecule has 1 aliphatic rings. The van der Waals surface area contributed by atoms with Gasteiger partial charge in [-0.2, -0.15) is 5.10 Å². The first-order valence-corrected chi connectivity index (χ1v) is 10.9. The van der Waals surface area contributed by atoms with E-state index < -0.39 is 0 Å². The number of hydrogen-bond acceptors (Lipinski definition) is 5. The Bertz CT molecular complexity index is 969. The van der Waals surface area contributed by atoms with Crippen molar-refractivity contribution in [1.29, 1.82) is 0 Å². The van der Waals surface area contributed by atoms with Gasteiger partial charge in [0.25, 0.3) is 11.8 Å². The second-order valence-electron chi connectivity index (χ2n) is 7.40. The molecule has 0 bridgehead atoms. The van der Waals surface area contributed by atoms with Gasteiger partial charge in [0.1, 0.15) is 5.71 Å². The summed E-state index contributed by atoms with van der Waals surface area (Å²) in [5.74, 6) is -0.664. The van der Waals surface area contributed by atoms with E-state index in [1.54, 1.807) is 36.4 Å². The smallest absolute Gasteiger partial charge is 0.271 e. The lowest BCUT2D eigenvalue weighted by Crippen LogP contribution is -2.36. The molecule has 168 valence electrons. The van der Waals surface area contributed by atoms with E-state index in [4.69, 9.17) is 0 Å². The lowest BCUT2D eigenvalue weighted by atomic mass is 10.1. The van der Waals surface area contributed by atoms with Crippen molar-refractivity contribution in [2.24, 2.45) is 5.10 Å². The van der Waals surface area contributed by atoms with Crippen LogP contribution >= 0.6 is 0 Å². The minimum atomic E-state index is -0.366. The Morgan fingerprint density at radius 1 is 0.969 bits per heavy atom. The third kappa shape index (κ3) is 6.01. The van der Waals surface area contributed by atoms with Crippen LogP contribution in [-0.4, -0.2) is 54.5 Å². The molecule has 0 aromatic heterocycles. The number of hydrazone groups is 1. The van der Waals surface area contributed by atoms with Crippen LogP contribution in [0.3, 0.4) is 0 Å². The summed E-state index contributed by atoms with van der Waals surface area (Å²) in [6.45, 7) is 7.46. The van der Waals surface area contributed by atoms with E-state index in [-0.39, 0.29) is 36.3 Å². The van der Waals surface area contributed by atoms with Crippen LogP contribution in [0.25, 0.3) is 0 Å². The maximum atomic E-state index is 12.7. The van der Waals surface area contributed by atoms with Crippen molar-refractivity contribution in [3.63, 3.8) is 0 Å². The molecule has 1 aliphatic heterocycles. The summed E-state index contributed by atoms with van der Waals surface area (Å²) < 4.78 is 0. The molecule has 0 saturated carbocycles. The Balaban J connectivity index is 1.58. The van der Waals surface area contributed by atoms with Crippen LogP contribution in [0.2, 0.25) is 0 Å². The van der Waals surface area contributed by atoms with Crippen molar-refractivity contribution in [3.8, 4) is 0 Å². The van der Waals surface area contributed by atoms with Gasteiger partial charge >= 0.3 is 0 Å². The van der Waals surface area contributed by atoms with Gasteiger partial charge in [-0.25, -0.2) is 5.01 Å². The monoisotopic (exact) mass is 435 g/mol. The molecular formula is C24H29N5O3. The normalized spacial score (nSPS) is 13.7. The molecule has 2 N–H and O–H groups in total. The average molecular weight is 436 g/mol. The molecule has 32 heavy (non-hydrogen) atoms. The fraction of sp³-hybridized carbons (Fsp3) is 0.333. The van der Waals surface area contributed by atoms with Crippen LogP contribution < -0.4 is 15.6 Å². The van der Waals surface area contributed by atoms with E-state index in [1.165, 1.54) is 5.01 Å². The maximum Gasteiger partial charge on any atom is 0.271 e. The van der Waals surface area contributed by atoms with Gasteiger partial charge in [0.2, 0.25) is 5.91 Å². The van der Waals surface area contributed by atoms with Gasteiger partial charge in [0.05, 0.1) is 5.69 Å². The zero-order valence-electron chi connectivity index (χ0n) is 18.5. The van der Waals surface area contributed by atoms with Crippen molar-refractivity contribution in [2.45, 2.75) is 26.7 Å². The lowest BCUT2D eigenvalue weighted by molar-refractivity contribution is -0.118. The number of rotatable bonds is 9. The van der Waals surface area contributed by atoms with Gasteiger partial charge in [0, 0.05) is 37.2 Å². The van der Waals surface area contributed by atoms with Gasteiger partial charge in [-0.15, -0.1) is 0 Å². The number of hydrogen-bond donors (Lipinski definition) is 2. The Kier molecular flexibility index (Phi) is 8.10. The van der Waals surface area contributed by atoms with Gasteiger partial charge in [0.15, 0.2) is 0 Å². The van der Waals surface area contributed by atoms with Gasteiger partial charge in [-0.1, -0.05) is 32.0 Å². The van der Waals surface area contributed by atoms with E-state index >= 15 is 0 Å². The quantitative estimate of drug-likeness (QED) is 0.633. The highest BCUT2D eigenvalue weighted by Gasteiger charge is 2.25. The van der Waals surface area contributed by atoms with E-state index in [2.05, 4.69) is 34.5 Å². The van der Waals surface area contributed by atoms with E-state index in [0.29, 0.717) is 23.5 Å². The van der Waals surface area contributed by atoms with Crippen LogP contribution in [-0.2, 0) is 9.59 Å². The van der Waals surface area contributed by atoms with Crippen LogP contribution in [0.4, 0.5) is 11.4 Å². The Morgan fingerprint density at radius 3 is 2.31 bits per heavy atom. The van der Waals surface area contributed by atoms with Crippen LogP contribution in [0.5, 0.6) is 0 Å². The molecule has 8 nitrogen and oxygen atoms in total. The minimum Gasteiger partial charge on any atom is -0.351 e. The standard InChI is InChI=1S/C24H29N5O3/c1-3-28(4-2)17-16-25-23(31)18-10-12-19(13-11-18)26-24(32)21-14-15-22(30)29(27-21)20-8-6-5-7-9-20/h5-13H,3-4,14-17H2,1-2H3,(H,25,31)(H,26,32). The molecule has 8 heteroatoms. The summed E-state index contributed by atoms with van der Waals surface area (Å²) in [6.07, 6.45) is 0.495. The van der Waals surface area contributed by atoms with Crippen LogP contribution in [0.1, 0.15) is 37.0 Å². The van der Waals surface area contributed by atoms with Crippen molar-refractivity contribution in [3.05, 3.63) is 60.2 Å². The topological polar surface area (TPSA) is 94.1 Å². The zero-order valence-corrected chi connectivity index (χ0v) is 18.5. The molecule has 3 amide bonds. The number of carbonyl (C=O) groups excluding carboxylic acids is 3. The molecule has 0 atom stereocenters. The molecule has 1 heterocycles. The summed E-state index contributed by atoms with van der Waals surface area (Å²) in [7, 11) is 0. The third-order valence-electron chi connectivity index (χ3n) is 5.31. The first-order valence-electron chi connectivity index (χ1n) is 10.9. The van der Waals surface area contributed by atoms with Gasteiger partial charge in [-0.05, 0) is 49.5 Å². The summed E-state index contributed by atoms with van der Waals surface area (Å²) in [5, 5.41) is 11.2. The lowest BCUT2D eigenvalue weighted by Gasteiger charge is -2.23. The summed E-state index contributed by atoms with van der Waals surface area (Å²) >= 11 is 0. The van der Waals surface area contributed by atoms with Crippen molar-refractivity contribution in [1.82, 2.24) is 10.2 Å². The zero-order chi connectivity index (χ0) is 22.9. The summed E-state index contributed by atoms with van der Waals surface area (Å²) in [4.78, 5) is 39.4. The molecular weight excluding hydrogens is 406 g/mol. The molecule has 2 aromatic rings. The molecule has 0 unspecified atom stereocenters. The van der Waals surface area contributed by atoms with Crippen molar-refractivity contribution >= 4 is 34.8 Å². The van der Waals surface area contributed by atoms with Gasteiger partial charge in [-0.3, -0.25) is 14.4 Å². The Morgan fingerprint density at radius 2 is 1.66 bits per heavy atom. The van der Waals surface area contributed by atoms with Crippen LogP contribution in [0, 0.1) is 0 Å².